The molecule has 0 unspecified atom stereocenters. The highest BCUT2D eigenvalue weighted by atomic mass is 16.5. The van der Waals surface area contributed by atoms with Gasteiger partial charge in [0, 0.05) is 20.2 Å². The molecule has 0 heterocycles. The second kappa shape index (κ2) is 6.16. The Hall–Kier alpha value is -0.570. The molecular formula is C8H16NO2. The Balaban J connectivity index is 3.36. The number of carbonyl (C=O) groups is 1. The Morgan fingerprint density at radius 2 is 2.27 bits per heavy atom. The van der Waals surface area contributed by atoms with Crippen LogP contribution in [0.15, 0.2) is 0 Å². The summed E-state index contributed by atoms with van der Waals surface area (Å²) in [5, 5.41) is 0. The first kappa shape index (κ1) is 10.4. The maximum Gasteiger partial charge on any atom is 0.224 e. The molecule has 0 aromatic rings. The molecule has 1 amide bonds. The van der Waals surface area contributed by atoms with Gasteiger partial charge in [-0.05, 0) is 13.8 Å². The minimum Gasteiger partial charge on any atom is -0.381 e. The SMILES string of the molecule is [CH2]COCCC(=O)N(C)CC. The first-order valence-corrected chi connectivity index (χ1v) is 3.83. The van der Waals surface area contributed by atoms with Crippen molar-refractivity contribution in [3.05, 3.63) is 6.92 Å². The summed E-state index contributed by atoms with van der Waals surface area (Å²) in [6, 6.07) is 0. The molecule has 0 saturated carbocycles. The summed E-state index contributed by atoms with van der Waals surface area (Å²) in [6.45, 7) is 7.11. The molecule has 3 heteroatoms. The summed E-state index contributed by atoms with van der Waals surface area (Å²) in [5.41, 5.74) is 0. The highest BCUT2D eigenvalue weighted by Gasteiger charge is 2.04. The van der Waals surface area contributed by atoms with Crippen LogP contribution in [0.2, 0.25) is 0 Å². The summed E-state index contributed by atoms with van der Waals surface area (Å²) in [5.74, 6) is 0.126. The number of ether oxygens (including phenoxy) is 1. The summed E-state index contributed by atoms with van der Waals surface area (Å²) >= 11 is 0. The zero-order valence-corrected chi connectivity index (χ0v) is 7.30. The number of hydrogen-bond donors (Lipinski definition) is 0. The third-order valence-corrected chi connectivity index (χ3v) is 1.50. The van der Waals surface area contributed by atoms with Crippen LogP contribution in [-0.4, -0.2) is 37.6 Å². The van der Waals surface area contributed by atoms with Crippen LogP contribution in [0.25, 0.3) is 0 Å². The van der Waals surface area contributed by atoms with Gasteiger partial charge in [-0.2, -0.15) is 0 Å². The van der Waals surface area contributed by atoms with E-state index in [1.165, 1.54) is 0 Å². The standard InChI is InChI=1S/C8H16NO2/c1-4-9(3)8(10)6-7-11-5-2/h2,4-7H2,1,3H3. The normalized spacial score (nSPS) is 9.73. The van der Waals surface area contributed by atoms with Gasteiger partial charge in [0.1, 0.15) is 0 Å². The van der Waals surface area contributed by atoms with Crippen LogP contribution in [0.4, 0.5) is 0 Å². The third-order valence-electron chi connectivity index (χ3n) is 1.50. The molecule has 3 nitrogen and oxygen atoms in total. The van der Waals surface area contributed by atoms with Crippen molar-refractivity contribution < 1.29 is 9.53 Å². The number of amides is 1. The lowest BCUT2D eigenvalue weighted by molar-refractivity contribution is -0.130. The second-order valence-electron chi connectivity index (χ2n) is 2.27. The lowest BCUT2D eigenvalue weighted by atomic mass is 10.4. The van der Waals surface area contributed by atoms with Gasteiger partial charge in [-0.1, -0.05) is 0 Å². The van der Waals surface area contributed by atoms with E-state index in [-0.39, 0.29) is 5.91 Å². The Bertz CT molecular complexity index is 115. The highest BCUT2D eigenvalue weighted by Crippen LogP contribution is 1.90. The summed E-state index contributed by atoms with van der Waals surface area (Å²) in [7, 11) is 1.78. The highest BCUT2D eigenvalue weighted by molar-refractivity contribution is 5.75. The smallest absolute Gasteiger partial charge is 0.224 e. The summed E-state index contributed by atoms with van der Waals surface area (Å²) < 4.78 is 4.94. The molecule has 0 bridgehead atoms. The van der Waals surface area contributed by atoms with Crippen LogP contribution in [-0.2, 0) is 9.53 Å². The molecule has 0 aromatic carbocycles. The van der Waals surface area contributed by atoms with Gasteiger partial charge >= 0.3 is 0 Å². The van der Waals surface area contributed by atoms with E-state index in [4.69, 9.17) is 4.74 Å². The van der Waals surface area contributed by atoms with Crippen molar-refractivity contribution in [2.75, 3.05) is 26.8 Å². The molecule has 0 aliphatic heterocycles. The van der Waals surface area contributed by atoms with E-state index in [0.29, 0.717) is 19.6 Å². The quantitative estimate of drug-likeness (QED) is 0.551. The average Bonchev–Trinajstić information content (AvgIpc) is 2.03. The lowest BCUT2D eigenvalue weighted by Crippen LogP contribution is -2.27. The fourth-order valence-electron chi connectivity index (χ4n) is 0.629. The first-order valence-electron chi connectivity index (χ1n) is 3.83. The van der Waals surface area contributed by atoms with E-state index in [0.717, 1.165) is 6.54 Å². The molecule has 11 heavy (non-hydrogen) atoms. The fourth-order valence-corrected chi connectivity index (χ4v) is 0.629. The monoisotopic (exact) mass is 158 g/mol. The predicted octanol–water partition coefficient (Wildman–Crippen LogP) is 0.705. The third kappa shape index (κ3) is 4.79. The fraction of sp³-hybridized carbons (Fsp3) is 0.750. The van der Waals surface area contributed by atoms with Crippen molar-refractivity contribution in [3.8, 4) is 0 Å². The van der Waals surface area contributed by atoms with Gasteiger partial charge in [-0.15, -0.1) is 0 Å². The zero-order chi connectivity index (χ0) is 8.69. The Labute approximate surface area is 68.3 Å². The van der Waals surface area contributed by atoms with Crippen LogP contribution < -0.4 is 0 Å². The van der Waals surface area contributed by atoms with E-state index in [9.17, 15) is 4.79 Å². The molecule has 0 fully saturated rings. The van der Waals surface area contributed by atoms with E-state index in [1.807, 2.05) is 6.92 Å². The van der Waals surface area contributed by atoms with Gasteiger partial charge in [-0.3, -0.25) is 4.79 Å². The van der Waals surface area contributed by atoms with Crippen LogP contribution in [0, 0.1) is 6.92 Å². The van der Waals surface area contributed by atoms with Crippen LogP contribution in [0.1, 0.15) is 13.3 Å². The summed E-state index contributed by atoms with van der Waals surface area (Å²) in [6.07, 6.45) is 0.458. The maximum absolute atomic E-state index is 11.1. The molecule has 0 aliphatic carbocycles. The van der Waals surface area contributed by atoms with Gasteiger partial charge in [0.25, 0.3) is 0 Å². The van der Waals surface area contributed by atoms with Gasteiger partial charge in [0.05, 0.1) is 13.0 Å². The molecule has 0 aromatic heterocycles. The molecule has 65 valence electrons. The molecule has 0 spiro atoms. The zero-order valence-electron chi connectivity index (χ0n) is 7.30. The molecular weight excluding hydrogens is 142 g/mol. The molecule has 0 N–H and O–H groups in total. The van der Waals surface area contributed by atoms with Gasteiger partial charge < -0.3 is 9.64 Å². The number of rotatable bonds is 5. The number of carbonyl (C=O) groups excluding carboxylic acids is 1. The van der Waals surface area contributed by atoms with E-state index < -0.39 is 0 Å². The maximum atomic E-state index is 11.1. The molecule has 0 atom stereocenters. The van der Waals surface area contributed by atoms with Crippen molar-refractivity contribution in [2.45, 2.75) is 13.3 Å². The number of nitrogens with zero attached hydrogens (tertiary/aromatic N) is 1. The topological polar surface area (TPSA) is 29.5 Å². The second-order valence-corrected chi connectivity index (χ2v) is 2.27. The van der Waals surface area contributed by atoms with Gasteiger partial charge in [0.15, 0.2) is 0 Å². The molecule has 0 saturated heterocycles. The number of hydrogen-bond acceptors (Lipinski definition) is 2. The van der Waals surface area contributed by atoms with Crippen LogP contribution in [0.5, 0.6) is 0 Å². The average molecular weight is 158 g/mol. The predicted molar refractivity (Wildman–Crippen MR) is 44.1 cm³/mol. The van der Waals surface area contributed by atoms with Gasteiger partial charge in [0.2, 0.25) is 5.91 Å². The Morgan fingerprint density at radius 3 is 2.73 bits per heavy atom. The van der Waals surface area contributed by atoms with Crippen LogP contribution >= 0.6 is 0 Å². The Kier molecular flexibility index (Phi) is 5.84. The van der Waals surface area contributed by atoms with Crippen LogP contribution in [0.3, 0.4) is 0 Å². The van der Waals surface area contributed by atoms with E-state index in [1.54, 1.807) is 11.9 Å². The van der Waals surface area contributed by atoms with Gasteiger partial charge in [-0.25, -0.2) is 0 Å². The van der Waals surface area contributed by atoms with Crippen molar-refractivity contribution in [1.82, 2.24) is 4.90 Å². The molecule has 1 radical (unpaired) electrons. The first-order chi connectivity index (χ1) is 5.22. The lowest BCUT2D eigenvalue weighted by Gasteiger charge is -2.13. The summed E-state index contributed by atoms with van der Waals surface area (Å²) in [4.78, 5) is 12.7. The van der Waals surface area contributed by atoms with Crippen molar-refractivity contribution in [3.63, 3.8) is 0 Å². The molecule has 0 rings (SSSR count). The van der Waals surface area contributed by atoms with Crippen molar-refractivity contribution >= 4 is 5.91 Å². The minimum absolute atomic E-state index is 0.126. The molecule has 0 aliphatic rings. The van der Waals surface area contributed by atoms with Crippen molar-refractivity contribution in [1.29, 1.82) is 0 Å². The largest absolute Gasteiger partial charge is 0.381 e. The van der Waals surface area contributed by atoms with E-state index in [2.05, 4.69) is 6.92 Å². The Morgan fingerprint density at radius 1 is 1.64 bits per heavy atom. The van der Waals surface area contributed by atoms with Crippen molar-refractivity contribution in [2.24, 2.45) is 0 Å². The minimum atomic E-state index is 0.126. The van der Waals surface area contributed by atoms with E-state index >= 15 is 0 Å².